The van der Waals surface area contributed by atoms with Crippen LogP contribution in [0, 0.1) is 11.3 Å². The van der Waals surface area contributed by atoms with Crippen LogP contribution in [0.4, 0.5) is 11.5 Å². The second kappa shape index (κ2) is 10.7. The van der Waals surface area contributed by atoms with Gasteiger partial charge in [0.1, 0.15) is 11.8 Å². The minimum absolute atomic E-state index is 0.242. The molecule has 8 nitrogen and oxygen atoms in total. The number of piperazine rings is 1. The van der Waals surface area contributed by atoms with E-state index in [0.717, 1.165) is 18.8 Å². The summed E-state index contributed by atoms with van der Waals surface area (Å²) in [5.74, 6) is -1.32. The van der Waals surface area contributed by atoms with E-state index < -0.39 is 18.0 Å². The number of halogens is 1. The summed E-state index contributed by atoms with van der Waals surface area (Å²) >= 11 is 6.16. The van der Waals surface area contributed by atoms with Crippen LogP contribution in [0.2, 0.25) is 5.02 Å². The molecular formula is C25H26ClN5O3. The Kier molecular flexibility index (Phi) is 7.46. The molecule has 0 saturated carbocycles. The van der Waals surface area contributed by atoms with Gasteiger partial charge < -0.3 is 19.3 Å². The predicted octanol–water partition coefficient (Wildman–Crippen LogP) is 3.80. The standard InChI is InChI=1S/C25H26ClN5O3/c1-17(16-33-2)34-25(32)20(15-27)23-24(29-22-9-4-3-8-21(22)28-23)31-12-10-30(11-13-31)19-7-5-6-18(26)14-19/h3-9,14,17,20H,10-13,16H2,1-2H3/t17-,20-/m1/s1. The number of anilines is 2. The largest absolute Gasteiger partial charge is 0.459 e. The van der Waals surface area contributed by atoms with Gasteiger partial charge in [-0.15, -0.1) is 0 Å². The van der Waals surface area contributed by atoms with Crippen molar-refractivity contribution in [1.82, 2.24) is 9.97 Å². The first-order valence-electron chi connectivity index (χ1n) is 11.1. The summed E-state index contributed by atoms with van der Waals surface area (Å²) in [4.78, 5) is 26.7. The van der Waals surface area contributed by atoms with Gasteiger partial charge in [0, 0.05) is 44.0 Å². The van der Waals surface area contributed by atoms with Crippen LogP contribution in [0.5, 0.6) is 0 Å². The molecule has 0 unspecified atom stereocenters. The molecule has 0 aliphatic carbocycles. The summed E-state index contributed by atoms with van der Waals surface area (Å²) in [7, 11) is 1.53. The number of ether oxygens (including phenoxy) is 2. The van der Waals surface area contributed by atoms with Crippen LogP contribution in [0.3, 0.4) is 0 Å². The number of rotatable bonds is 7. The van der Waals surface area contributed by atoms with Crippen molar-refractivity contribution in [2.75, 3.05) is 49.7 Å². The van der Waals surface area contributed by atoms with Gasteiger partial charge in [0.2, 0.25) is 0 Å². The molecule has 2 atom stereocenters. The molecule has 0 bridgehead atoms. The third-order valence-corrected chi connectivity index (χ3v) is 5.92. The fourth-order valence-electron chi connectivity index (χ4n) is 4.04. The number of hydrogen-bond acceptors (Lipinski definition) is 8. The Labute approximate surface area is 203 Å². The number of nitrogens with zero attached hydrogens (tertiary/aromatic N) is 5. The number of methoxy groups -OCH3 is 1. The molecule has 9 heteroatoms. The smallest absolute Gasteiger partial charge is 0.330 e. The van der Waals surface area contributed by atoms with Crippen LogP contribution in [-0.4, -0.2) is 61.9 Å². The summed E-state index contributed by atoms with van der Waals surface area (Å²) in [6.45, 7) is 4.74. The van der Waals surface area contributed by atoms with Crippen LogP contribution in [0.25, 0.3) is 11.0 Å². The van der Waals surface area contributed by atoms with E-state index in [9.17, 15) is 10.1 Å². The molecular weight excluding hydrogens is 454 g/mol. The molecule has 34 heavy (non-hydrogen) atoms. The lowest BCUT2D eigenvalue weighted by molar-refractivity contribution is -0.150. The zero-order valence-electron chi connectivity index (χ0n) is 19.1. The molecule has 0 amide bonds. The molecule has 4 rings (SSSR count). The first kappa shape index (κ1) is 23.7. The average molecular weight is 480 g/mol. The maximum Gasteiger partial charge on any atom is 0.330 e. The Morgan fingerprint density at radius 1 is 1.09 bits per heavy atom. The summed E-state index contributed by atoms with van der Waals surface area (Å²) in [6.07, 6.45) is -0.480. The minimum atomic E-state index is -1.20. The number of aromatic nitrogens is 2. The lowest BCUT2D eigenvalue weighted by Crippen LogP contribution is -2.47. The van der Waals surface area contributed by atoms with Gasteiger partial charge in [0.05, 0.1) is 23.7 Å². The minimum Gasteiger partial charge on any atom is -0.459 e. The van der Waals surface area contributed by atoms with E-state index in [0.29, 0.717) is 40.7 Å². The van der Waals surface area contributed by atoms with Gasteiger partial charge >= 0.3 is 5.97 Å². The Hall–Kier alpha value is -3.41. The molecule has 1 aliphatic heterocycles. The van der Waals surface area contributed by atoms with Crippen molar-refractivity contribution in [3.63, 3.8) is 0 Å². The van der Waals surface area contributed by atoms with E-state index in [-0.39, 0.29) is 6.61 Å². The van der Waals surface area contributed by atoms with E-state index in [1.165, 1.54) is 7.11 Å². The number of carbonyl (C=O) groups is 1. The highest BCUT2D eigenvalue weighted by Crippen LogP contribution is 2.30. The monoisotopic (exact) mass is 479 g/mol. The van der Waals surface area contributed by atoms with Crippen LogP contribution in [-0.2, 0) is 14.3 Å². The van der Waals surface area contributed by atoms with Crippen LogP contribution < -0.4 is 9.80 Å². The predicted molar refractivity (Wildman–Crippen MR) is 131 cm³/mol. The van der Waals surface area contributed by atoms with Crippen LogP contribution in [0.1, 0.15) is 18.5 Å². The molecule has 3 aromatic rings. The molecule has 2 heterocycles. The second-order valence-electron chi connectivity index (χ2n) is 8.14. The lowest BCUT2D eigenvalue weighted by Gasteiger charge is -2.37. The number of carbonyl (C=O) groups excluding carboxylic acids is 1. The fourth-order valence-corrected chi connectivity index (χ4v) is 4.23. The second-order valence-corrected chi connectivity index (χ2v) is 8.58. The maximum absolute atomic E-state index is 12.9. The number of hydrogen-bond donors (Lipinski definition) is 0. The van der Waals surface area contributed by atoms with E-state index in [1.54, 1.807) is 6.92 Å². The van der Waals surface area contributed by atoms with E-state index >= 15 is 0 Å². The van der Waals surface area contributed by atoms with Crippen molar-refractivity contribution in [2.24, 2.45) is 0 Å². The Morgan fingerprint density at radius 2 is 1.76 bits per heavy atom. The van der Waals surface area contributed by atoms with Crippen LogP contribution in [0.15, 0.2) is 48.5 Å². The van der Waals surface area contributed by atoms with Gasteiger partial charge in [-0.05, 0) is 37.3 Å². The fraction of sp³-hybridized carbons (Fsp3) is 0.360. The number of esters is 1. The highest BCUT2D eigenvalue weighted by Gasteiger charge is 2.32. The van der Waals surface area contributed by atoms with E-state index in [1.807, 2.05) is 48.5 Å². The number of para-hydroxylation sites is 2. The zero-order chi connectivity index (χ0) is 24.1. The van der Waals surface area contributed by atoms with Crippen molar-refractivity contribution in [2.45, 2.75) is 18.9 Å². The Balaban J connectivity index is 1.63. The number of nitriles is 1. The van der Waals surface area contributed by atoms with Gasteiger partial charge in [0.15, 0.2) is 11.7 Å². The van der Waals surface area contributed by atoms with Crippen molar-refractivity contribution in [1.29, 1.82) is 5.26 Å². The lowest BCUT2D eigenvalue weighted by atomic mass is 10.1. The highest BCUT2D eigenvalue weighted by atomic mass is 35.5. The summed E-state index contributed by atoms with van der Waals surface area (Å²) in [6, 6.07) is 17.3. The molecule has 2 aromatic carbocycles. The van der Waals surface area contributed by atoms with Crippen molar-refractivity contribution < 1.29 is 14.3 Å². The van der Waals surface area contributed by atoms with Gasteiger partial charge in [-0.2, -0.15) is 5.26 Å². The van der Waals surface area contributed by atoms with E-state index in [2.05, 4.69) is 15.9 Å². The number of benzene rings is 2. The molecule has 1 fully saturated rings. The normalized spacial score (nSPS) is 15.6. The topological polar surface area (TPSA) is 91.6 Å². The third-order valence-electron chi connectivity index (χ3n) is 5.69. The van der Waals surface area contributed by atoms with Gasteiger partial charge in [-0.25, -0.2) is 9.97 Å². The van der Waals surface area contributed by atoms with Crippen molar-refractivity contribution in [3.05, 3.63) is 59.2 Å². The molecule has 176 valence electrons. The van der Waals surface area contributed by atoms with Crippen molar-refractivity contribution in [3.8, 4) is 6.07 Å². The Bertz CT molecular complexity index is 1210. The maximum atomic E-state index is 12.9. The van der Waals surface area contributed by atoms with Gasteiger partial charge in [-0.3, -0.25) is 4.79 Å². The molecule has 1 aliphatic rings. The molecule has 1 saturated heterocycles. The highest BCUT2D eigenvalue weighted by molar-refractivity contribution is 6.30. The van der Waals surface area contributed by atoms with Gasteiger partial charge in [-0.1, -0.05) is 29.8 Å². The Morgan fingerprint density at radius 3 is 2.41 bits per heavy atom. The molecule has 1 aromatic heterocycles. The SMILES string of the molecule is COC[C@@H](C)OC(=O)[C@H](C#N)c1nc2ccccc2nc1N1CCN(c2cccc(Cl)c2)CC1. The average Bonchev–Trinajstić information content (AvgIpc) is 2.84. The van der Waals surface area contributed by atoms with Gasteiger partial charge in [0.25, 0.3) is 0 Å². The first-order chi connectivity index (χ1) is 16.5. The zero-order valence-corrected chi connectivity index (χ0v) is 19.9. The molecule has 0 N–H and O–H groups in total. The summed E-state index contributed by atoms with van der Waals surface area (Å²) < 4.78 is 10.5. The summed E-state index contributed by atoms with van der Waals surface area (Å²) in [5.41, 5.74) is 2.70. The first-order valence-corrected chi connectivity index (χ1v) is 11.5. The number of fused-ring (bicyclic) bond motifs is 1. The van der Waals surface area contributed by atoms with Crippen molar-refractivity contribution >= 4 is 40.1 Å². The molecule has 0 radical (unpaired) electrons. The third kappa shape index (κ3) is 5.22. The quantitative estimate of drug-likeness (QED) is 0.472. The van der Waals surface area contributed by atoms with Crippen LogP contribution >= 0.6 is 11.6 Å². The molecule has 0 spiro atoms. The summed E-state index contributed by atoms with van der Waals surface area (Å²) in [5, 5.41) is 10.6. The van der Waals surface area contributed by atoms with E-state index in [4.69, 9.17) is 31.0 Å².